The second kappa shape index (κ2) is 10.6. The van der Waals surface area contributed by atoms with Gasteiger partial charge in [0.15, 0.2) is 11.5 Å². The summed E-state index contributed by atoms with van der Waals surface area (Å²) in [7, 11) is 1.48. The Kier molecular flexibility index (Phi) is 7.50. The molecule has 1 N–H and O–H groups in total. The fourth-order valence-corrected chi connectivity index (χ4v) is 4.65. The van der Waals surface area contributed by atoms with E-state index >= 15 is 0 Å². The second-order valence-electron chi connectivity index (χ2n) is 9.16. The predicted octanol–water partition coefficient (Wildman–Crippen LogP) is 5.19. The second-order valence-corrected chi connectivity index (χ2v) is 9.60. The normalized spacial score (nSPS) is 16.2. The van der Waals surface area contributed by atoms with Gasteiger partial charge in [0, 0.05) is 35.5 Å². The molecule has 0 spiro atoms. The highest BCUT2D eigenvalue weighted by atomic mass is 35.5. The van der Waals surface area contributed by atoms with Crippen molar-refractivity contribution in [1.29, 1.82) is 0 Å². The minimum Gasteiger partial charge on any atom is -0.493 e. The number of carboxylic acids is 1. The van der Waals surface area contributed by atoms with E-state index in [2.05, 4.69) is 0 Å². The molecule has 0 fully saturated rings. The van der Waals surface area contributed by atoms with E-state index in [0.717, 1.165) is 11.1 Å². The van der Waals surface area contributed by atoms with E-state index in [1.165, 1.54) is 18.1 Å². The number of fused-ring (bicyclic) bond motifs is 1. The smallest absolute Gasteiger partial charge is 0.323 e. The van der Waals surface area contributed by atoms with Gasteiger partial charge >= 0.3 is 5.97 Å². The summed E-state index contributed by atoms with van der Waals surface area (Å²) in [5.41, 5.74) is 1.81. The molecule has 1 atom stereocenters. The Bertz CT molecular complexity index is 1280. The molecular weight excluding hydrogens is 485 g/mol. The van der Waals surface area contributed by atoms with Crippen molar-refractivity contribution >= 4 is 23.5 Å². The molecule has 0 bridgehead atoms. The highest BCUT2D eigenvalue weighted by Gasteiger charge is 2.38. The van der Waals surface area contributed by atoms with Gasteiger partial charge in [0.2, 0.25) is 0 Å². The Labute approximate surface area is 214 Å². The number of carboxylic acid groups (broad SMARTS) is 1. The highest BCUT2D eigenvalue weighted by molar-refractivity contribution is 6.30. The fourth-order valence-electron chi connectivity index (χ4n) is 4.52. The molecule has 1 unspecified atom stereocenters. The first-order valence-electron chi connectivity index (χ1n) is 11.6. The third-order valence-corrected chi connectivity index (χ3v) is 6.48. The average Bonchev–Trinajstić information content (AvgIpc) is 3.18. The molecule has 3 aromatic carbocycles. The molecule has 4 rings (SSSR count). The molecule has 36 heavy (non-hydrogen) atoms. The monoisotopic (exact) mass is 511 g/mol. The SMILES string of the molecule is COc1cc(C(=O)N(CCc2ccc(Cl)cc2)CC(=O)O)cc2c1OC(C)(Cc1ccccc1F)C2. The van der Waals surface area contributed by atoms with Gasteiger partial charge < -0.3 is 19.5 Å². The van der Waals surface area contributed by atoms with Crippen molar-refractivity contribution in [2.45, 2.75) is 31.8 Å². The zero-order chi connectivity index (χ0) is 25.9. The number of halogens is 2. The number of nitrogens with zero attached hydrogens (tertiary/aromatic N) is 1. The number of rotatable bonds is 9. The molecule has 0 saturated carbocycles. The highest BCUT2D eigenvalue weighted by Crippen LogP contribution is 2.44. The Morgan fingerprint density at radius 2 is 1.89 bits per heavy atom. The summed E-state index contributed by atoms with van der Waals surface area (Å²) in [4.78, 5) is 26.2. The van der Waals surface area contributed by atoms with Crippen LogP contribution in [0.3, 0.4) is 0 Å². The molecule has 1 aliphatic heterocycles. The van der Waals surface area contributed by atoms with Gasteiger partial charge in [0.1, 0.15) is 18.0 Å². The van der Waals surface area contributed by atoms with E-state index < -0.39 is 24.0 Å². The zero-order valence-corrected chi connectivity index (χ0v) is 20.8. The van der Waals surface area contributed by atoms with Crippen LogP contribution in [0.15, 0.2) is 60.7 Å². The van der Waals surface area contributed by atoms with Crippen LogP contribution in [-0.4, -0.2) is 47.7 Å². The van der Waals surface area contributed by atoms with E-state index in [0.29, 0.717) is 46.9 Å². The Morgan fingerprint density at radius 1 is 1.17 bits per heavy atom. The number of methoxy groups -OCH3 is 1. The lowest BCUT2D eigenvalue weighted by molar-refractivity contribution is -0.137. The lowest BCUT2D eigenvalue weighted by Gasteiger charge is -2.24. The van der Waals surface area contributed by atoms with Gasteiger partial charge in [-0.05, 0) is 54.8 Å². The van der Waals surface area contributed by atoms with Crippen molar-refractivity contribution in [1.82, 2.24) is 4.90 Å². The molecule has 3 aromatic rings. The van der Waals surface area contributed by atoms with Crippen molar-refractivity contribution in [3.63, 3.8) is 0 Å². The Hall–Kier alpha value is -3.58. The quantitative estimate of drug-likeness (QED) is 0.427. The number of carbonyl (C=O) groups excluding carboxylic acids is 1. The number of hydrogen-bond acceptors (Lipinski definition) is 4. The van der Waals surface area contributed by atoms with Gasteiger partial charge in [-0.2, -0.15) is 0 Å². The van der Waals surface area contributed by atoms with Crippen LogP contribution in [0.5, 0.6) is 11.5 Å². The maximum absolute atomic E-state index is 14.3. The molecule has 0 radical (unpaired) electrons. The summed E-state index contributed by atoms with van der Waals surface area (Å²) >= 11 is 5.94. The third kappa shape index (κ3) is 5.79. The summed E-state index contributed by atoms with van der Waals surface area (Å²) < 4.78 is 26.0. The minimum absolute atomic E-state index is 0.216. The number of carbonyl (C=O) groups is 2. The number of hydrogen-bond donors (Lipinski definition) is 1. The number of amides is 1. The van der Waals surface area contributed by atoms with Crippen molar-refractivity contribution in [3.05, 3.63) is 93.8 Å². The van der Waals surface area contributed by atoms with E-state index in [4.69, 9.17) is 21.1 Å². The molecule has 1 heterocycles. The maximum atomic E-state index is 14.3. The molecule has 0 saturated heterocycles. The topological polar surface area (TPSA) is 76.1 Å². The number of aliphatic carboxylic acids is 1. The standard InChI is InChI=1S/C28H27ClFNO5/c1-28(15-19-5-3-4-6-23(19)30)16-21-13-20(14-24(35-2)26(21)36-28)27(34)31(17-25(32)33)12-11-18-7-9-22(29)10-8-18/h3-10,13-14H,11-12,15-17H2,1-2H3,(H,32,33). The number of ether oxygens (including phenoxy) is 2. The van der Waals surface area contributed by atoms with E-state index in [-0.39, 0.29) is 12.4 Å². The summed E-state index contributed by atoms with van der Waals surface area (Å²) in [6.07, 6.45) is 1.26. The van der Waals surface area contributed by atoms with Crippen LogP contribution in [0.25, 0.3) is 0 Å². The van der Waals surface area contributed by atoms with Crippen LogP contribution in [0.2, 0.25) is 5.02 Å². The number of benzene rings is 3. The van der Waals surface area contributed by atoms with E-state index in [9.17, 15) is 19.1 Å². The van der Waals surface area contributed by atoms with E-state index in [1.54, 1.807) is 42.5 Å². The first-order chi connectivity index (χ1) is 17.2. The predicted molar refractivity (Wildman–Crippen MR) is 135 cm³/mol. The Balaban J connectivity index is 1.57. The van der Waals surface area contributed by atoms with Crippen LogP contribution in [0.1, 0.15) is 34.0 Å². The lowest BCUT2D eigenvalue weighted by atomic mass is 9.91. The average molecular weight is 512 g/mol. The molecule has 0 aromatic heterocycles. The first-order valence-corrected chi connectivity index (χ1v) is 11.9. The fraction of sp³-hybridized carbons (Fsp3) is 0.286. The van der Waals surface area contributed by atoms with Crippen LogP contribution >= 0.6 is 11.6 Å². The minimum atomic E-state index is -1.10. The first kappa shape index (κ1) is 25.5. The largest absolute Gasteiger partial charge is 0.493 e. The van der Waals surface area contributed by atoms with Crippen LogP contribution in [0, 0.1) is 5.82 Å². The molecule has 188 valence electrons. The molecular formula is C28H27ClFNO5. The van der Waals surface area contributed by atoms with Gasteiger partial charge in [-0.25, -0.2) is 4.39 Å². The maximum Gasteiger partial charge on any atom is 0.323 e. The van der Waals surface area contributed by atoms with Crippen LogP contribution < -0.4 is 9.47 Å². The summed E-state index contributed by atoms with van der Waals surface area (Å²) in [5.74, 6) is -0.936. The van der Waals surface area contributed by atoms with Crippen LogP contribution in [-0.2, 0) is 24.1 Å². The van der Waals surface area contributed by atoms with Gasteiger partial charge in [-0.15, -0.1) is 0 Å². The van der Waals surface area contributed by atoms with Crippen LogP contribution in [0.4, 0.5) is 4.39 Å². The summed E-state index contributed by atoms with van der Waals surface area (Å²) in [6.45, 7) is 1.67. The Morgan fingerprint density at radius 3 is 2.56 bits per heavy atom. The third-order valence-electron chi connectivity index (χ3n) is 6.23. The van der Waals surface area contributed by atoms with Gasteiger partial charge in [-0.3, -0.25) is 9.59 Å². The summed E-state index contributed by atoms with van der Waals surface area (Å²) in [6, 6.07) is 17.0. The summed E-state index contributed by atoms with van der Waals surface area (Å²) in [5, 5.41) is 10.0. The zero-order valence-electron chi connectivity index (χ0n) is 20.1. The van der Waals surface area contributed by atoms with Crippen molar-refractivity contribution in [3.8, 4) is 11.5 Å². The van der Waals surface area contributed by atoms with Gasteiger partial charge in [0.05, 0.1) is 7.11 Å². The molecule has 6 nitrogen and oxygen atoms in total. The van der Waals surface area contributed by atoms with Crippen molar-refractivity contribution in [2.75, 3.05) is 20.2 Å². The van der Waals surface area contributed by atoms with Crippen molar-refractivity contribution in [2.24, 2.45) is 0 Å². The van der Waals surface area contributed by atoms with E-state index in [1.807, 2.05) is 19.1 Å². The van der Waals surface area contributed by atoms with Gasteiger partial charge in [0.25, 0.3) is 5.91 Å². The lowest BCUT2D eigenvalue weighted by Crippen LogP contribution is -2.37. The van der Waals surface area contributed by atoms with Gasteiger partial charge in [-0.1, -0.05) is 41.9 Å². The molecule has 1 amide bonds. The molecule has 0 aliphatic carbocycles. The molecule has 8 heteroatoms. The molecule has 1 aliphatic rings. The van der Waals surface area contributed by atoms with Crippen molar-refractivity contribution < 1.29 is 28.6 Å².